The molecule has 1 aliphatic heterocycles. The molecular weight excluding hydrogens is 388 g/mol. The van der Waals surface area contributed by atoms with Crippen molar-refractivity contribution in [3.05, 3.63) is 69.1 Å². The second-order valence-electron chi connectivity index (χ2n) is 9.24. The summed E-state index contributed by atoms with van der Waals surface area (Å²) < 4.78 is 1.34. The zero-order chi connectivity index (χ0) is 21.5. The van der Waals surface area contributed by atoms with E-state index in [9.17, 15) is 4.79 Å². The van der Waals surface area contributed by atoms with Crippen LogP contribution in [-0.2, 0) is 12.8 Å². The van der Waals surface area contributed by atoms with Crippen LogP contribution in [-0.4, -0.2) is 29.4 Å². The van der Waals surface area contributed by atoms with Gasteiger partial charge >= 0.3 is 0 Å². The van der Waals surface area contributed by atoms with E-state index in [1.807, 2.05) is 22.3 Å². The van der Waals surface area contributed by atoms with Crippen LogP contribution >= 0.6 is 11.3 Å². The number of carbonyl (C=O) groups excluding carboxylic acids is 1. The van der Waals surface area contributed by atoms with E-state index in [-0.39, 0.29) is 11.4 Å². The van der Waals surface area contributed by atoms with Crippen LogP contribution in [0.25, 0.3) is 10.1 Å². The molecule has 4 rings (SSSR count). The first-order valence-electron chi connectivity index (χ1n) is 10.9. The Balaban J connectivity index is 1.38. The van der Waals surface area contributed by atoms with Gasteiger partial charge in [-0.3, -0.25) is 4.79 Å². The van der Waals surface area contributed by atoms with Crippen molar-refractivity contribution in [2.75, 3.05) is 13.1 Å². The second-order valence-corrected chi connectivity index (χ2v) is 10.2. The molecule has 0 saturated heterocycles. The fourth-order valence-electron chi connectivity index (χ4n) is 4.45. The molecule has 2 heterocycles. The van der Waals surface area contributed by atoms with Gasteiger partial charge in [-0.15, -0.1) is 11.3 Å². The van der Waals surface area contributed by atoms with Gasteiger partial charge in [0.15, 0.2) is 0 Å². The molecule has 1 amide bonds. The van der Waals surface area contributed by atoms with Crippen molar-refractivity contribution in [1.82, 2.24) is 4.90 Å². The molecule has 30 heavy (non-hydrogen) atoms. The molecule has 1 aliphatic rings. The van der Waals surface area contributed by atoms with Gasteiger partial charge in [0.2, 0.25) is 0 Å². The maximum absolute atomic E-state index is 13.0. The van der Waals surface area contributed by atoms with Crippen LogP contribution in [0.1, 0.15) is 57.9 Å². The average molecular weight is 421 g/mol. The van der Waals surface area contributed by atoms with Crippen molar-refractivity contribution < 1.29 is 4.79 Å². The Hall–Kier alpha value is -2.17. The number of rotatable bonds is 6. The number of hydrogen-bond acceptors (Lipinski definition) is 3. The maximum Gasteiger partial charge on any atom is 0.254 e. The zero-order valence-electron chi connectivity index (χ0n) is 18.5. The van der Waals surface area contributed by atoms with E-state index >= 15 is 0 Å². The summed E-state index contributed by atoms with van der Waals surface area (Å²) in [6.45, 7) is 10.0. The summed E-state index contributed by atoms with van der Waals surface area (Å²) >= 11 is 1.81. The Morgan fingerprint density at radius 3 is 2.73 bits per heavy atom. The molecular formula is C26H32N2OS. The first kappa shape index (κ1) is 21.1. The Bertz CT molecular complexity index is 1100. The highest BCUT2D eigenvalue weighted by Gasteiger charge is 2.28. The quantitative estimate of drug-likeness (QED) is 0.567. The predicted octanol–water partition coefficient (Wildman–Crippen LogP) is 5.57. The van der Waals surface area contributed by atoms with Gasteiger partial charge in [-0.1, -0.05) is 23.8 Å². The Morgan fingerprint density at radius 2 is 1.93 bits per heavy atom. The van der Waals surface area contributed by atoms with E-state index in [1.54, 1.807) is 0 Å². The number of amides is 1. The maximum atomic E-state index is 13.0. The molecule has 2 N–H and O–H groups in total. The molecule has 3 aromatic rings. The summed E-state index contributed by atoms with van der Waals surface area (Å²) in [6.07, 6.45) is 3.66. The molecule has 0 saturated carbocycles. The Labute approximate surface area is 183 Å². The van der Waals surface area contributed by atoms with Crippen molar-refractivity contribution in [3.63, 3.8) is 0 Å². The summed E-state index contributed by atoms with van der Waals surface area (Å²) in [7, 11) is 0. The summed E-state index contributed by atoms with van der Waals surface area (Å²) in [6, 6.07) is 10.7. The lowest BCUT2D eigenvalue weighted by atomic mass is 9.89. The third-order valence-electron chi connectivity index (χ3n) is 6.75. The van der Waals surface area contributed by atoms with Gasteiger partial charge in [-0.25, -0.2) is 0 Å². The number of benzene rings is 2. The highest BCUT2D eigenvalue weighted by molar-refractivity contribution is 7.17. The van der Waals surface area contributed by atoms with Crippen molar-refractivity contribution >= 4 is 27.3 Å². The van der Waals surface area contributed by atoms with Crippen molar-refractivity contribution in [3.8, 4) is 0 Å². The van der Waals surface area contributed by atoms with Crippen LogP contribution in [0.3, 0.4) is 0 Å². The smallest absolute Gasteiger partial charge is 0.254 e. The van der Waals surface area contributed by atoms with E-state index in [0.29, 0.717) is 0 Å². The van der Waals surface area contributed by atoms with E-state index < -0.39 is 0 Å². The first-order valence-corrected chi connectivity index (χ1v) is 11.8. The van der Waals surface area contributed by atoms with Crippen molar-refractivity contribution in [2.24, 2.45) is 5.73 Å². The lowest BCUT2D eigenvalue weighted by molar-refractivity contribution is 0.0726. The SMILES string of the molecule is Cc1ccc2scc(CCC(C)(N)CCN3CCc4c(ccc(C)c4C)C3=O)c2c1. The number of nitrogens with two attached hydrogens (primary N) is 1. The zero-order valence-corrected chi connectivity index (χ0v) is 19.4. The molecule has 0 radical (unpaired) electrons. The molecule has 0 fully saturated rings. The Kier molecular flexibility index (Phi) is 5.73. The topological polar surface area (TPSA) is 46.3 Å². The molecule has 2 aromatic carbocycles. The first-order chi connectivity index (χ1) is 14.2. The average Bonchev–Trinajstić information content (AvgIpc) is 3.11. The molecule has 3 nitrogen and oxygen atoms in total. The van der Waals surface area contributed by atoms with E-state index in [2.05, 4.69) is 57.3 Å². The van der Waals surface area contributed by atoms with Crippen LogP contribution in [0.5, 0.6) is 0 Å². The number of carbonyl (C=O) groups is 1. The summed E-state index contributed by atoms with van der Waals surface area (Å²) in [5, 5.41) is 3.64. The highest BCUT2D eigenvalue weighted by atomic mass is 32.1. The molecule has 1 unspecified atom stereocenters. The highest BCUT2D eigenvalue weighted by Crippen LogP contribution is 2.30. The fraction of sp³-hybridized carbons (Fsp3) is 0.423. The van der Waals surface area contributed by atoms with Crippen molar-refractivity contribution in [2.45, 2.75) is 58.9 Å². The second kappa shape index (κ2) is 8.16. The monoisotopic (exact) mass is 420 g/mol. The van der Waals surface area contributed by atoms with Gasteiger partial charge in [-0.05, 0) is 98.5 Å². The number of hydrogen-bond donors (Lipinski definition) is 1. The van der Waals surface area contributed by atoms with Crippen LogP contribution in [0.4, 0.5) is 0 Å². The van der Waals surface area contributed by atoms with Crippen LogP contribution in [0.2, 0.25) is 0 Å². The van der Waals surface area contributed by atoms with E-state index in [1.165, 1.54) is 37.9 Å². The number of aryl methyl sites for hydroxylation is 3. The van der Waals surface area contributed by atoms with E-state index in [4.69, 9.17) is 5.73 Å². The third kappa shape index (κ3) is 4.17. The number of thiophene rings is 1. The van der Waals surface area contributed by atoms with Gasteiger partial charge in [0.25, 0.3) is 5.91 Å². The van der Waals surface area contributed by atoms with E-state index in [0.717, 1.165) is 44.3 Å². The molecule has 0 spiro atoms. The minimum absolute atomic E-state index is 0.162. The molecule has 4 heteroatoms. The molecule has 1 atom stereocenters. The van der Waals surface area contributed by atoms with Gasteiger partial charge in [0.1, 0.15) is 0 Å². The van der Waals surface area contributed by atoms with Crippen LogP contribution in [0.15, 0.2) is 35.7 Å². The lowest BCUT2D eigenvalue weighted by Gasteiger charge is -2.33. The summed E-state index contributed by atoms with van der Waals surface area (Å²) in [4.78, 5) is 15.0. The van der Waals surface area contributed by atoms with Gasteiger partial charge in [0.05, 0.1) is 0 Å². The van der Waals surface area contributed by atoms with Crippen LogP contribution < -0.4 is 5.73 Å². The number of fused-ring (bicyclic) bond motifs is 2. The van der Waals surface area contributed by atoms with Gasteiger partial charge < -0.3 is 10.6 Å². The predicted molar refractivity (Wildman–Crippen MR) is 128 cm³/mol. The normalized spacial score (nSPS) is 16.0. The van der Waals surface area contributed by atoms with Gasteiger partial charge in [0, 0.05) is 28.9 Å². The fourth-order valence-corrected chi connectivity index (χ4v) is 5.43. The lowest BCUT2D eigenvalue weighted by Crippen LogP contribution is -2.44. The minimum atomic E-state index is -0.290. The van der Waals surface area contributed by atoms with Gasteiger partial charge in [-0.2, -0.15) is 0 Å². The molecule has 0 bridgehead atoms. The molecule has 0 aliphatic carbocycles. The molecule has 158 valence electrons. The minimum Gasteiger partial charge on any atom is -0.338 e. The largest absolute Gasteiger partial charge is 0.338 e. The molecule has 1 aromatic heterocycles. The summed E-state index contributed by atoms with van der Waals surface area (Å²) in [5.41, 5.74) is 13.7. The summed E-state index contributed by atoms with van der Waals surface area (Å²) in [5.74, 6) is 0.162. The Morgan fingerprint density at radius 1 is 1.13 bits per heavy atom. The third-order valence-corrected chi connectivity index (χ3v) is 7.76. The standard InChI is InChI=1S/C26H32N2OS/c1-17-5-8-24-23(15-17)20(16-30-24)9-11-26(4,27)12-14-28-13-10-21-19(3)18(2)6-7-22(21)25(28)29/h5-8,15-16H,9-14,27H2,1-4H3. The number of nitrogens with zero attached hydrogens (tertiary/aromatic N) is 1. The van der Waals surface area contributed by atoms with Crippen molar-refractivity contribution in [1.29, 1.82) is 0 Å². The van der Waals surface area contributed by atoms with Crippen LogP contribution in [0, 0.1) is 20.8 Å².